The molecule has 2 aromatic rings. The van der Waals surface area contributed by atoms with Crippen molar-refractivity contribution >= 4 is 11.4 Å². The second-order valence-electron chi connectivity index (χ2n) is 3.98. The topological polar surface area (TPSA) is 104 Å². The Hall–Kier alpha value is -2.77. The maximum atomic E-state index is 10.9. The molecule has 0 N–H and O–H groups in total. The molecule has 0 saturated heterocycles. The average molecular weight is 262 g/mol. The quantitative estimate of drug-likeness (QED) is 0.619. The third-order valence-corrected chi connectivity index (χ3v) is 2.58. The zero-order valence-electron chi connectivity index (χ0n) is 10.0. The fourth-order valence-corrected chi connectivity index (χ4v) is 1.70. The molecule has 0 unspecified atom stereocenters. The van der Waals surface area contributed by atoms with E-state index in [1.165, 1.54) is 12.1 Å². The van der Waals surface area contributed by atoms with Crippen LogP contribution < -0.4 is 0 Å². The summed E-state index contributed by atoms with van der Waals surface area (Å²) in [5.74, 6) is 0. The predicted octanol–water partition coefficient (Wildman–Crippen LogP) is 2.06. The number of aromatic nitrogens is 2. The first-order valence-corrected chi connectivity index (χ1v) is 5.39. The van der Waals surface area contributed by atoms with E-state index < -0.39 is 9.85 Å². The number of rotatable bonds is 4. The molecule has 0 radical (unpaired) electrons. The van der Waals surface area contributed by atoms with E-state index in [2.05, 4.69) is 5.10 Å². The molecule has 19 heavy (non-hydrogen) atoms. The molecular weight excluding hydrogens is 252 g/mol. The molecule has 1 heterocycles. The van der Waals surface area contributed by atoms with Gasteiger partial charge < -0.3 is 0 Å². The molecule has 0 fully saturated rings. The summed E-state index contributed by atoms with van der Waals surface area (Å²) >= 11 is 0. The van der Waals surface area contributed by atoms with Gasteiger partial charge in [0.15, 0.2) is 0 Å². The summed E-state index contributed by atoms with van der Waals surface area (Å²) in [7, 11) is 0. The second-order valence-corrected chi connectivity index (χ2v) is 3.98. The number of nitrogens with zero attached hydrogens (tertiary/aromatic N) is 4. The maximum absolute atomic E-state index is 10.9. The van der Waals surface area contributed by atoms with Gasteiger partial charge in [0, 0.05) is 12.3 Å². The van der Waals surface area contributed by atoms with Gasteiger partial charge in [0.25, 0.3) is 11.4 Å². The number of aryl methyl sites for hydroxylation is 1. The Balaban J connectivity index is 2.39. The number of non-ortho nitro benzene ring substituents is 1. The van der Waals surface area contributed by atoms with Crippen LogP contribution in [0.15, 0.2) is 30.5 Å². The Morgan fingerprint density at radius 2 is 1.95 bits per heavy atom. The van der Waals surface area contributed by atoms with E-state index in [4.69, 9.17) is 0 Å². The van der Waals surface area contributed by atoms with Crippen molar-refractivity contribution in [2.45, 2.75) is 13.5 Å². The molecular formula is C11H10N4O4. The van der Waals surface area contributed by atoms with Gasteiger partial charge in [-0.15, -0.1) is 0 Å². The predicted molar refractivity (Wildman–Crippen MR) is 65.8 cm³/mol. The lowest BCUT2D eigenvalue weighted by Gasteiger charge is -2.03. The van der Waals surface area contributed by atoms with Gasteiger partial charge in [-0.25, -0.2) is 0 Å². The van der Waals surface area contributed by atoms with Crippen LogP contribution in [0.3, 0.4) is 0 Å². The van der Waals surface area contributed by atoms with Crippen LogP contribution in [0.5, 0.6) is 0 Å². The minimum Gasteiger partial charge on any atom is -0.268 e. The van der Waals surface area contributed by atoms with E-state index in [-0.39, 0.29) is 17.9 Å². The minimum atomic E-state index is -0.658. The van der Waals surface area contributed by atoms with Crippen LogP contribution in [0.1, 0.15) is 11.3 Å². The van der Waals surface area contributed by atoms with E-state index >= 15 is 0 Å². The Morgan fingerprint density at radius 1 is 1.21 bits per heavy atom. The van der Waals surface area contributed by atoms with Crippen LogP contribution in [-0.4, -0.2) is 19.6 Å². The first-order valence-electron chi connectivity index (χ1n) is 5.39. The Morgan fingerprint density at radius 3 is 2.47 bits per heavy atom. The lowest BCUT2D eigenvalue weighted by molar-refractivity contribution is -0.394. The summed E-state index contributed by atoms with van der Waals surface area (Å²) in [6.45, 7) is 2.00. The fraction of sp³-hybridized carbons (Fsp3) is 0.182. The second kappa shape index (κ2) is 4.84. The Bertz CT molecular complexity index is 650. The van der Waals surface area contributed by atoms with Crippen LogP contribution in [0.25, 0.3) is 0 Å². The van der Waals surface area contributed by atoms with Gasteiger partial charge in [0.2, 0.25) is 0 Å². The number of hydrogen-bond acceptors (Lipinski definition) is 5. The first-order chi connectivity index (χ1) is 8.97. The smallest absolute Gasteiger partial charge is 0.268 e. The summed E-state index contributed by atoms with van der Waals surface area (Å²) in [6, 6.07) is 5.37. The molecule has 0 amide bonds. The zero-order chi connectivity index (χ0) is 14.0. The monoisotopic (exact) mass is 262 g/mol. The van der Waals surface area contributed by atoms with Crippen LogP contribution >= 0.6 is 0 Å². The number of benzene rings is 1. The van der Waals surface area contributed by atoms with Crippen molar-refractivity contribution in [1.29, 1.82) is 0 Å². The van der Waals surface area contributed by atoms with Gasteiger partial charge in [0.1, 0.15) is 0 Å². The lowest BCUT2D eigenvalue weighted by atomic mass is 10.1. The lowest BCUT2D eigenvalue weighted by Crippen LogP contribution is -2.04. The summed E-state index contributed by atoms with van der Waals surface area (Å²) in [4.78, 5) is 20.3. The molecule has 0 spiro atoms. The third kappa shape index (κ3) is 2.73. The SMILES string of the molecule is Cc1ccn(Cc2ccc([N+](=O)[O-])cc2[N+](=O)[O-])n1. The van der Waals surface area contributed by atoms with Gasteiger partial charge in [0.05, 0.1) is 33.7 Å². The number of nitro groups is 2. The van der Waals surface area contributed by atoms with Crippen molar-refractivity contribution in [3.63, 3.8) is 0 Å². The summed E-state index contributed by atoms with van der Waals surface area (Å²) < 4.78 is 1.55. The van der Waals surface area contributed by atoms with E-state index in [1.807, 2.05) is 0 Å². The van der Waals surface area contributed by atoms with E-state index in [0.717, 1.165) is 11.8 Å². The molecule has 2 rings (SSSR count). The highest BCUT2D eigenvalue weighted by Crippen LogP contribution is 2.25. The highest BCUT2D eigenvalue weighted by molar-refractivity contribution is 5.49. The van der Waals surface area contributed by atoms with Gasteiger partial charge in [-0.2, -0.15) is 5.10 Å². The Kier molecular flexibility index (Phi) is 3.23. The zero-order valence-corrected chi connectivity index (χ0v) is 10.0. The maximum Gasteiger partial charge on any atom is 0.281 e. The van der Waals surface area contributed by atoms with Crippen molar-refractivity contribution in [3.8, 4) is 0 Å². The van der Waals surface area contributed by atoms with E-state index in [1.54, 1.807) is 23.9 Å². The van der Waals surface area contributed by atoms with E-state index in [9.17, 15) is 20.2 Å². The van der Waals surface area contributed by atoms with Crippen LogP contribution in [0.2, 0.25) is 0 Å². The van der Waals surface area contributed by atoms with Crippen molar-refractivity contribution < 1.29 is 9.85 Å². The molecule has 8 nitrogen and oxygen atoms in total. The molecule has 0 aliphatic heterocycles. The summed E-state index contributed by atoms with van der Waals surface area (Å²) in [5, 5.41) is 25.7. The largest absolute Gasteiger partial charge is 0.281 e. The minimum absolute atomic E-state index is 0.197. The summed E-state index contributed by atoms with van der Waals surface area (Å²) in [5.41, 5.74) is 0.595. The molecule has 0 aliphatic rings. The van der Waals surface area contributed by atoms with Crippen LogP contribution in [0, 0.1) is 27.2 Å². The molecule has 0 atom stereocenters. The molecule has 0 saturated carbocycles. The van der Waals surface area contributed by atoms with Crippen LogP contribution in [-0.2, 0) is 6.54 Å². The van der Waals surface area contributed by atoms with Gasteiger partial charge in [-0.05, 0) is 19.1 Å². The molecule has 0 aliphatic carbocycles. The normalized spacial score (nSPS) is 10.4. The summed E-state index contributed by atoms with van der Waals surface area (Å²) in [6.07, 6.45) is 1.69. The fourth-order valence-electron chi connectivity index (χ4n) is 1.70. The molecule has 1 aromatic carbocycles. The number of hydrogen-bond donors (Lipinski definition) is 0. The van der Waals surface area contributed by atoms with Crippen molar-refractivity contribution in [1.82, 2.24) is 9.78 Å². The number of nitro benzene ring substituents is 2. The Labute approximate surface area is 107 Å². The molecule has 0 bridgehead atoms. The van der Waals surface area contributed by atoms with Gasteiger partial charge in [-0.1, -0.05) is 0 Å². The first kappa shape index (κ1) is 12.7. The van der Waals surface area contributed by atoms with E-state index in [0.29, 0.717) is 5.56 Å². The van der Waals surface area contributed by atoms with Crippen molar-refractivity contribution in [3.05, 3.63) is 61.9 Å². The van der Waals surface area contributed by atoms with Gasteiger partial charge in [-0.3, -0.25) is 24.9 Å². The molecule has 1 aromatic heterocycles. The van der Waals surface area contributed by atoms with Gasteiger partial charge >= 0.3 is 0 Å². The van der Waals surface area contributed by atoms with Crippen LogP contribution in [0.4, 0.5) is 11.4 Å². The van der Waals surface area contributed by atoms with Crippen molar-refractivity contribution in [2.24, 2.45) is 0 Å². The third-order valence-electron chi connectivity index (χ3n) is 2.58. The molecule has 98 valence electrons. The molecule has 8 heteroatoms. The average Bonchev–Trinajstić information content (AvgIpc) is 2.74. The highest BCUT2D eigenvalue weighted by Gasteiger charge is 2.19. The standard InChI is InChI=1S/C11H10N4O4/c1-8-4-5-13(12-8)7-9-2-3-10(14(16)17)6-11(9)15(18)19/h2-6H,7H2,1H3. The highest BCUT2D eigenvalue weighted by atomic mass is 16.6. The van der Waals surface area contributed by atoms with Crippen molar-refractivity contribution in [2.75, 3.05) is 0 Å².